The van der Waals surface area contributed by atoms with Crippen molar-refractivity contribution < 1.29 is 19.4 Å². The number of ether oxygens (including phenoxy) is 1. The van der Waals surface area contributed by atoms with E-state index in [1.807, 2.05) is 24.3 Å². The number of nitrogens with zero attached hydrogens (tertiary/aromatic N) is 2. The zero-order valence-electron chi connectivity index (χ0n) is 16.1. The van der Waals surface area contributed by atoms with Crippen LogP contribution in [0.1, 0.15) is 46.2 Å². The second-order valence-corrected chi connectivity index (χ2v) is 7.07. The molecular formula is C22H21N3O4. The van der Waals surface area contributed by atoms with Crippen molar-refractivity contribution in [1.82, 2.24) is 15.1 Å². The van der Waals surface area contributed by atoms with Crippen LogP contribution in [0.15, 0.2) is 54.6 Å². The fourth-order valence-corrected chi connectivity index (χ4v) is 3.79. The number of aryl methyl sites for hydroxylation is 1. The summed E-state index contributed by atoms with van der Waals surface area (Å²) in [5.41, 5.74) is 5.13. The standard InChI is InChI=1S/C22H21N3O4/c1-13(19-11-20(21(26)27)25(2)24-19)23-22(28)29-12-18-16-9-5-3-7-14(16)15-8-4-6-10-17(15)18/h3-11,13,18H,12H2,1-2H3,(H,23,28)(H,26,27). The summed E-state index contributed by atoms with van der Waals surface area (Å²) < 4.78 is 6.79. The van der Waals surface area contributed by atoms with E-state index < -0.39 is 18.1 Å². The molecule has 2 aromatic carbocycles. The molecule has 7 heteroatoms. The number of alkyl carbamates (subject to hydrolysis) is 1. The highest BCUT2D eigenvalue weighted by Crippen LogP contribution is 2.44. The Bertz CT molecular complexity index is 1040. The summed E-state index contributed by atoms with van der Waals surface area (Å²) in [6, 6.07) is 17.2. The number of aromatic carboxylic acids is 1. The predicted octanol–water partition coefficient (Wildman–Crippen LogP) is 3.72. The Morgan fingerprint density at radius 1 is 1.14 bits per heavy atom. The molecule has 0 spiro atoms. The number of nitrogens with one attached hydrogen (secondary N) is 1. The van der Waals surface area contributed by atoms with E-state index in [0.717, 1.165) is 11.1 Å². The Labute approximate surface area is 167 Å². The van der Waals surface area contributed by atoms with Crippen molar-refractivity contribution in [2.45, 2.75) is 18.9 Å². The number of amides is 1. The lowest BCUT2D eigenvalue weighted by atomic mass is 9.98. The number of fused-ring (bicyclic) bond motifs is 3. The second-order valence-electron chi connectivity index (χ2n) is 7.07. The molecule has 3 aromatic rings. The Kier molecular flexibility index (Phi) is 4.80. The van der Waals surface area contributed by atoms with E-state index in [1.165, 1.54) is 21.9 Å². The number of rotatable bonds is 5. The first-order valence-corrected chi connectivity index (χ1v) is 9.34. The fourth-order valence-electron chi connectivity index (χ4n) is 3.79. The van der Waals surface area contributed by atoms with Gasteiger partial charge in [0.2, 0.25) is 0 Å². The predicted molar refractivity (Wildman–Crippen MR) is 107 cm³/mol. The average Bonchev–Trinajstić information content (AvgIpc) is 3.25. The maximum atomic E-state index is 12.3. The molecule has 0 radical (unpaired) electrons. The minimum absolute atomic E-state index is 0.0167. The molecule has 1 aliphatic rings. The van der Waals surface area contributed by atoms with Crippen LogP contribution in [0.3, 0.4) is 0 Å². The molecule has 1 heterocycles. The zero-order valence-corrected chi connectivity index (χ0v) is 16.1. The Balaban J connectivity index is 1.44. The molecule has 0 saturated carbocycles. The van der Waals surface area contributed by atoms with Gasteiger partial charge in [0.15, 0.2) is 0 Å². The topological polar surface area (TPSA) is 93.5 Å². The Hall–Kier alpha value is -3.61. The first kappa shape index (κ1) is 18.7. The summed E-state index contributed by atoms with van der Waals surface area (Å²) in [6.45, 7) is 1.95. The molecule has 0 saturated heterocycles. The largest absolute Gasteiger partial charge is 0.477 e. The monoisotopic (exact) mass is 391 g/mol. The van der Waals surface area contributed by atoms with Crippen LogP contribution in [0.5, 0.6) is 0 Å². The number of hydrogen-bond donors (Lipinski definition) is 2. The molecule has 4 rings (SSSR count). The average molecular weight is 391 g/mol. The van der Waals surface area contributed by atoms with Gasteiger partial charge in [0.1, 0.15) is 12.3 Å². The first-order valence-electron chi connectivity index (χ1n) is 9.34. The van der Waals surface area contributed by atoms with Crippen molar-refractivity contribution >= 4 is 12.1 Å². The molecule has 0 aliphatic heterocycles. The van der Waals surface area contributed by atoms with Crippen LogP contribution in [0.4, 0.5) is 4.79 Å². The third-order valence-electron chi connectivity index (χ3n) is 5.24. The van der Waals surface area contributed by atoms with Gasteiger partial charge in [-0.05, 0) is 35.2 Å². The third kappa shape index (κ3) is 3.47. The van der Waals surface area contributed by atoms with Crippen LogP contribution in [-0.2, 0) is 11.8 Å². The van der Waals surface area contributed by atoms with E-state index in [4.69, 9.17) is 9.84 Å². The van der Waals surface area contributed by atoms with Gasteiger partial charge in [-0.1, -0.05) is 48.5 Å². The maximum absolute atomic E-state index is 12.3. The number of hydrogen-bond acceptors (Lipinski definition) is 4. The molecule has 29 heavy (non-hydrogen) atoms. The molecule has 1 aliphatic carbocycles. The van der Waals surface area contributed by atoms with Crippen LogP contribution in [0.25, 0.3) is 11.1 Å². The minimum atomic E-state index is -1.07. The number of carbonyl (C=O) groups is 2. The van der Waals surface area contributed by atoms with Crippen molar-refractivity contribution in [2.75, 3.05) is 6.61 Å². The van der Waals surface area contributed by atoms with Crippen molar-refractivity contribution in [3.8, 4) is 11.1 Å². The van der Waals surface area contributed by atoms with E-state index in [0.29, 0.717) is 5.69 Å². The number of carbonyl (C=O) groups excluding carboxylic acids is 1. The molecule has 0 bridgehead atoms. The third-order valence-corrected chi connectivity index (χ3v) is 5.24. The van der Waals surface area contributed by atoms with Gasteiger partial charge in [-0.25, -0.2) is 9.59 Å². The van der Waals surface area contributed by atoms with Crippen LogP contribution in [-0.4, -0.2) is 33.6 Å². The lowest BCUT2D eigenvalue weighted by Crippen LogP contribution is -2.29. The zero-order chi connectivity index (χ0) is 20.5. The molecule has 1 unspecified atom stereocenters. The summed E-state index contributed by atoms with van der Waals surface area (Å²) in [5.74, 6) is -1.09. The Morgan fingerprint density at radius 2 is 1.72 bits per heavy atom. The van der Waals surface area contributed by atoms with E-state index >= 15 is 0 Å². The molecule has 1 aromatic heterocycles. The molecule has 2 N–H and O–H groups in total. The number of benzene rings is 2. The first-order chi connectivity index (χ1) is 14.0. The summed E-state index contributed by atoms with van der Waals surface area (Å²) in [4.78, 5) is 23.5. The summed E-state index contributed by atoms with van der Waals surface area (Å²) in [6.07, 6.45) is -0.568. The molecule has 1 amide bonds. The van der Waals surface area contributed by atoms with E-state index in [1.54, 1.807) is 14.0 Å². The lowest BCUT2D eigenvalue weighted by Gasteiger charge is -2.16. The SMILES string of the molecule is CC(NC(=O)OCC1c2ccccc2-c2ccccc21)c1cc(C(=O)O)n(C)n1. The highest BCUT2D eigenvalue weighted by molar-refractivity contribution is 5.85. The lowest BCUT2D eigenvalue weighted by molar-refractivity contribution is 0.0685. The fraction of sp³-hybridized carbons (Fsp3) is 0.227. The van der Waals surface area contributed by atoms with Crippen molar-refractivity contribution in [3.05, 3.63) is 77.1 Å². The van der Waals surface area contributed by atoms with E-state index in [9.17, 15) is 9.59 Å². The van der Waals surface area contributed by atoms with Crippen molar-refractivity contribution in [1.29, 1.82) is 0 Å². The minimum Gasteiger partial charge on any atom is -0.477 e. The maximum Gasteiger partial charge on any atom is 0.407 e. The van der Waals surface area contributed by atoms with Gasteiger partial charge >= 0.3 is 12.1 Å². The number of carboxylic acid groups (broad SMARTS) is 1. The van der Waals surface area contributed by atoms with Crippen LogP contribution >= 0.6 is 0 Å². The molecule has 148 valence electrons. The van der Waals surface area contributed by atoms with Crippen LogP contribution in [0, 0.1) is 0 Å². The summed E-state index contributed by atoms with van der Waals surface area (Å²) >= 11 is 0. The van der Waals surface area contributed by atoms with Gasteiger partial charge in [0.25, 0.3) is 0 Å². The smallest absolute Gasteiger partial charge is 0.407 e. The number of carboxylic acids is 1. The molecular weight excluding hydrogens is 370 g/mol. The van der Waals surface area contributed by atoms with Crippen LogP contribution in [0.2, 0.25) is 0 Å². The highest BCUT2D eigenvalue weighted by Gasteiger charge is 2.29. The van der Waals surface area contributed by atoms with Gasteiger partial charge in [-0.3, -0.25) is 4.68 Å². The summed E-state index contributed by atoms with van der Waals surface area (Å²) in [5, 5.41) is 16.0. The summed E-state index contributed by atoms with van der Waals surface area (Å²) in [7, 11) is 1.55. The van der Waals surface area contributed by atoms with Crippen molar-refractivity contribution in [3.63, 3.8) is 0 Å². The van der Waals surface area contributed by atoms with Gasteiger partial charge in [0, 0.05) is 13.0 Å². The highest BCUT2D eigenvalue weighted by atomic mass is 16.5. The van der Waals surface area contributed by atoms with E-state index in [2.05, 4.69) is 34.7 Å². The van der Waals surface area contributed by atoms with Crippen LogP contribution < -0.4 is 5.32 Å². The van der Waals surface area contributed by atoms with Gasteiger partial charge < -0.3 is 15.2 Å². The molecule has 0 fully saturated rings. The molecule has 7 nitrogen and oxygen atoms in total. The van der Waals surface area contributed by atoms with Gasteiger partial charge in [0.05, 0.1) is 11.7 Å². The second kappa shape index (κ2) is 7.43. The quantitative estimate of drug-likeness (QED) is 0.691. The van der Waals surface area contributed by atoms with Gasteiger partial charge in [-0.15, -0.1) is 0 Å². The van der Waals surface area contributed by atoms with E-state index in [-0.39, 0.29) is 18.2 Å². The van der Waals surface area contributed by atoms with Gasteiger partial charge in [-0.2, -0.15) is 5.10 Å². The Morgan fingerprint density at radius 3 is 2.28 bits per heavy atom. The molecule has 1 atom stereocenters. The number of aromatic nitrogens is 2. The van der Waals surface area contributed by atoms with Crippen molar-refractivity contribution in [2.24, 2.45) is 7.05 Å². The normalized spacial score (nSPS) is 13.4.